The van der Waals surface area contributed by atoms with Crippen molar-refractivity contribution in [3.05, 3.63) is 29.3 Å². The number of esters is 1. The molecule has 0 aliphatic heterocycles. The summed E-state index contributed by atoms with van der Waals surface area (Å²) in [6.45, 7) is 0.192. The van der Waals surface area contributed by atoms with Crippen LogP contribution in [0.25, 0.3) is 0 Å². The lowest BCUT2D eigenvalue weighted by molar-refractivity contribution is 0.0453. The molecule has 0 amide bonds. The lowest BCUT2D eigenvalue weighted by Crippen LogP contribution is -2.17. The van der Waals surface area contributed by atoms with Crippen LogP contribution in [0.4, 0.5) is 14.5 Å². The van der Waals surface area contributed by atoms with Gasteiger partial charge in [0.15, 0.2) is 5.82 Å². The molecule has 1 aliphatic carbocycles. The Morgan fingerprint density at radius 1 is 1.39 bits per heavy atom. The minimum absolute atomic E-state index is 0.192. The number of carbonyl (C=O) groups excluding carboxylic acids is 1. The average Bonchev–Trinajstić information content (AvgIpc) is 2.27. The van der Waals surface area contributed by atoms with E-state index in [0.717, 1.165) is 31.4 Å². The molecule has 0 unspecified atom stereocenters. The number of nitrogens with two attached hydrogens (primary N) is 1. The Hall–Kier alpha value is -1.65. The fourth-order valence-electron chi connectivity index (χ4n) is 1.93. The van der Waals surface area contributed by atoms with Crippen molar-refractivity contribution in [2.24, 2.45) is 5.92 Å². The van der Waals surface area contributed by atoms with Crippen molar-refractivity contribution in [1.82, 2.24) is 0 Å². The number of hydrogen-bond acceptors (Lipinski definition) is 3. The zero-order valence-electron chi connectivity index (χ0n) is 9.92. The van der Waals surface area contributed by atoms with E-state index in [9.17, 15) is 13.6 Å². The zero-order chi connectivity index (χ0) is 13.1. The zero-order valence-corrected chi connectivity index (χ0v) is 9.92. The van der Waals surface area contributed by atoms with E-state index in [4.69, 9.17) is 10.5 Å². The monoisotopic (exact) mass is 255 g/mol. The number of nitrogen functional groups attached to an aromatic ring is 1. The van der Waals surface area contributed by atoms with Gasteiger partial charge in [-0.1, -0.05) is 19.3 Å². The highest BCUT2D eigenvalue weighted by Crippen LogP contribution is 2.29. The van der Waals surface area contributed by atoms with E-state index in [1.54, 1.807) is 0 Å². The van der Waals surface area contributed by atoms with Crippen LogP contribution >= 0.6 is 0 Å². The maximum absolute atomic E-state index is 13.5. The van der Waals surface area contributed by atoms with Gasteiger partial charge >= 0.3 is 5.97 Å². The fraction of sp³-hybridized carbons (Fsp3) is 0.462. The predicted octanol–water partition coefficient (Wildman–Crippen LogP) is 2.89. The molecule has 0 atom stereocenters. The number of anilines is 1. The normalized spacial score (nSPS) is 15.2. The predicted molar refractivity (Wildman–Crippen MR) is 63.0 cm³/mol. The summed E-state index contributed by atoms with van der Waals surface area (Å²) in [5.41, 5.74) is 4.32. The lowest BCUT2D eigenvalue weighted by Gasteiger charge is -2.24. The van der Waals surface area contributed by atoms with Crippen molar-refractivity contribution in [3.8, 4) is 0 Å². The second-order valence-electron chi connectivity index (χ2n) is 4.55. The van der Waals surface area contributed by atoms with E-state index in [0.29, 0.717) is 5.92 Å². The van der Waals surface area contributed by atoms with Gasteiger partial charge in [0.1, 0.15) is 11.4 Å². The first-order chi connectivity index (χ1) is 8.59. The first-order valence-corrected chi connectivity index (χ1v) is 6.00. The minimum Gasteiger partial charge on any atom is -0.462 e. The third kappa shape index (κ3) is 2.60. The van der Waals surface area contributed by atoms with Crippen LogP contribution in [0.3, 0.4) is 0 Å². The van der Waals surface area contributed by atoms with Gasteiger partial charge in [-0.15, -0.1) is 0 Å². The van der Waals surface area contributed by atoms with Crippen molar-refractivity contribution in [3.63, 3.8) is 0 Å². The summed E-state index contributed by atoms with van der Waals surface area (Å²) in [7, 11) is 0. The Morgan fingerprint density at radius 3 is 2.72 bits per heavy atom. The van der Waals surface area contributed by atoms with Crippen LogP contribution in [-0.4, -0.2) is 12.6 Å². The minimum atomic E-state index is -1.05. The van der Waals surface area contributed by atoms with Gasteiger partial charge in [-0.05, 0) is 24.5 Å². The molecule has 0 bridgehead atoms. The smallest absolute Gasteiger partial charge is 0.344 e. The fourth-order valence-corrected chi connectivity index (χ4v) is 1.93. The van der Waals surface area contributed by atoms with Gasteiger partial charge in [-0.3, -0.25) is 0 Å². The molecule has 0 spiro atoms. The number of carbonyl (C=O) groups is 1. The summed E-state index contributed by atoms with van der Waals surface area (Å²) in [6, 6.07) is 2.04. The molecule has 0 saturated heterocycles. The van der Waals surface area contributed by atoms with Crippen molar-refractivity contribution in [2.75, 3.05) is 12.3 Å². The molecule has 1 aromatic carbocycles. The highest BCUT2D eigenvalue weighted by atomic mass is 19.1. The molecule has 0 radical (unpaired) electrons. The molecule has 0 heterocycles. The van der Waals surface area contributed by atoms with Gasteiger partial charge < -0.3 is 10.5 Å². The van der Waals surface area contributed by atoms with Crippen LogP contribution in [0.1, 0.15) is 36.0 Å². The van der Waals surface area contributed by atoms with Gasteiger partial charge in [-0.25, -0.2) is 13.6 Å². The molecule has 0 aromatic heterocycles. The number of halogens is 2. The molecule has 3 nitrogen and oxygen atoms in total. The van der Waals surface area contributed by atoms with Crippen molar-refractivity contribution in [1.29, 1.82) is 0 Å². The second-order valence-corrected chi connectivity index (χ2v) is 4.55. The van der Waals surface area contributed by atoms with Crippen LogP contribution in [-0.2, 0) is 4.74 Å². The maximum atomic E-state index is 13.5. The lowest BCUT2D eigenvalue weighted by atomic mass is 9.83. The maximum Gasteiger partial charge on any atom is 0.344 e. The summed E-state index contributed by atoms with van der Waals surface area (Å²) >= 11 is 0. The molecule has 1 fully saturated rings. The van der Waals surface area contributed by atoms with E-state index < -0.39 is 23.2 Å². The van der Waals surface area contributed by atoms with Crippen molar-refractivity contribution >= 4 is 11.7 Å². The third-order valence-electron chi connectivity index (χ3n) is 3.31. The summed E-state index contributed by atoms with van der Waals surface area (Å²) in [5.74, 6) is -2.41. The molecule has 18 heavy (non-hydrogen) atoms. The second kappa shape index (κ2) is 5.33. The highest BCUT2D eigenvalue weighted by Gasteiger charge is 2.22. The van der Waals surface area contributed by atoms with E-state index in [1.165, 1.54) is 6.42 Å². The number of ether oxygens (including phenoxy) is 1. The molecule has 1 saturated carbocycles. The molecule has 2 N–H and O–H groups in total. The first kappa shape index (κ1) is 12.8. The largest absolute Gasteiger partial charge is 0.462 e. The molecular formula is C13H15F2NO2. The Balaban J connectivity index is 1.97. The number of rotatable bonds is 4. The number of benzene rings is 1. The van der Waals surface area contributed by atoms with Crippen LogP contribution in [0, 0.1) is 17.6 Å². The topological polar surface area (TPSA) is 52.3 Å². The van der Waals surface area contributed by atoms with Crippen molar-refractivity contribution in [2.45, 2.75) is 25.7 Å². The van der Waals surface area contributed by atoms with Crippen molar-refractivity contribution < 1.29 is 18.3 Å². The van der Waals surface area contributed by atoms with E-state index in [2.05, 4.69) is 0 Å². The Kier molecular flexibility index (Phi) is 3.79. The number of hydrogen-bond donors (Lipinski definition) is 1. The Morgan fingerprint density at radius 2 is 2.11 bits per heavy atom. The summed E-state index contributed by atoms with van der Waals surface area (Å²) in [5, 5.41) is 0. The Bertz CT molecular complexity index is 459. The molecule has 1 aromatic rings. The molecular weight excluding hydrogens is 240 g/mol. The van der Waals surface area contributed by atoms with Gasteiger partial charge in [0.25, 0.3) is 0 Å². The average molecular weight is 255 g/mol. The Labute approximate surface area is 104 Å². The first-order valence-electron chi connectivity index (χ1n) is 6.00. The van der Waals surface area contributed by atoms with Crippen LogP contribution in [0.5, 0.6) is 0 Å². The SMILES string of the molecule is Nc1ccc(F)c(C(=O)OCCC2CCC2)c1F. The van der Waals surface area contributed by atoms with E-state index in [-0.39, 0.29) is 12.3 Å². The van der Waals surface area contributed by atoms with Gasteiger partial charge in [0.05, 0.1) is 12.3 Å². The summed E-state index contributed by atoms with van der Waals surface area (Å²) in [4.78, 5) is 11.6. The standard InChI is InChI=1S/C13H15F2NO2/c14-9-4-5-10(16)12(15)11(9)13(17)18-7-6-8-2-1-3-8/h4-5,8H,1-3,6-7,16H2. The molecule has 98 valence electrons. The summed E-state index contributed by atoms with van der Waals surface area (Å²) < 4.78 is 31.7. The van der Waals surface area contributed by atoms with E-state index in [1.807, 2.05) is 0 Å². The van der Waals surface area contributed by atoms with Crippen LogP contribution in [0.2, 0.25) is 0 Å². The van der Waals surface area contributed by atoms with Gasteiger partial charge in [0.2, 0.25) is 0 Å². The quantitative estimate of drug-likeness (QED) is 0.664. The molecule has 1 aliphatic rings. The molecule has 5 heteroatoms. The summed E-state index contributed by atoms with van der Waals surface area (Å²) in [6.07, 6.45) is 4.23. The highest BCUT2D eigenvalue weighted by molar-refractivity contribution is 5.91. The molecule has 2 rings (SSSR count). The van der Waals surface area contributed by atoms with Gasteiger partial charge in [-0.2, -0.15) is 0 Å². The van der Waals surface area contributed by atoms with Crippen LogP contribution < -0.4 is 5.73 Å². The third-order valence-corrected chi connectivity index (χ3v) is 3.31. The van der Waals surface area contributed by atoms with E-state index >= 15 is 0 Å². The van der Waals surface area contributed by atoms with Crippen LogP contribution in [0.15, 0.2) is 12.1 Å². The van der Waals surface area contributed by atoms with Gasteiger partial charge in [0, 0.05) is 0 Å².